The second kappa shape index (κ2) is 6.50. The normalized spacial score (nSPS) is 9.50. The minimum Gasteiger partial charge on any atom is -0.320 e. The second-order valence-corrected chi connectivity index (χ2v) is 4.13. The van der Waals surface area contributed by atoms with E-state index in [1.807, 2.05) is 24.3 Å². The summed E-state index contributed by atoms with van der Waals surface area (Å²) in [5.41, 5.74) is 7.35. The lowest BCUT2D eigenvalue weighted by Gasteiger charge is -2.17. The zero-order valence-electron chi connectivity index (χ0n) is 11.2. The van der Waals surface area contributed by atoms with E-state index in [9.17, 15) is 4.79 Å². The van der Waals surface area contributed by atoms with E-state index in [4.69, 9.17) is 5.73 Å². The largest absolute Gasteiger partial charge is 0.320 e. The summed E-state index contributed by atoms with van der Waals surface area (Å²) < 4.78 is 0. The molecule has 0 saturated carbocycles. The Bertz CT molecular complexity index is 656. The van der Waals surface area contributed by atoms with Crippen molar-refractivity contribution in [3.63, 3.8) is 0 Å². The van der Waals surface area contributed by atoms with Crippen molar-refractivity contribution in [2.45, 2.75) is 0 Å². The molecule has 2 aromatic rings. The molecule has 0 radical (unpaired) electrons. The Morgan fingerprint density at radius 2 is 2.10 bits per heavy atom. The molecule has 100 valence electrons. The molecule has 0 atom stereocenters. The lowest BCUT2D eigenvalue weighted by molar-refractivity contribution is 0.0992. The third-order valence-corrected chi connectivity index (χ3v) is 2.82. The molecule has 1 aromatic heterocycles. The van der Waals surface area contributed by atoms with Crippen molar-refractivity contribution in [1.82, 2.24) is 4.98 Å². The van der Waals surface area contributed by atoms with Gasteiger partial charge in [-0.25, -0.2) is 0 Å². The zero-order valence-corrected chi connectivity index (χ0v) is 11.2. The van der Waals surface area contributed by atoms with Crippen molar-refractivity contribution in [1.29, 1.82) is 0 Å². The Morgan fingerprint density at radius 1 is 1.30 bits per heavy atom. The third kappa shape index (κ3) is 3.02. The maximum atomic E-state index is 12.5. The molecule has 0 bridgehead atoms. The molecule has 0 aliphatic carbocycles. The van der Waals surface area contributed by atoms with Gasteiger partial charge in [-0.1, -0.05) is 24.0 Å². The molecule has 20 heavy (non-hydrogen) atoms. The van der Waals surface area contributed by atoms with Crippen LogP contribution in [0.3, 0.4) is 0 Å². The standard InChI is InChI=1S/C16H15N3O/c1-19(14-8-5-11-18-12-14)16(20)15-9-3-2-6-13(15)7-4-10-17/h2-3,5-6,8-9,11-12H,10,17H2,1H3. The van der Waals surface area contributed by atoms with E-state index in [1.165, 1.54) is 0 Å². The van der Waals surface area contributed by atoms with Gasteiger partial charge in [0.1, 0.15) is 0 Å². The minimum atomic E-state index is -0.125. The topological polar surface area (TPSA) is 59.2 Å². The highest BCUT2D eigenvalue weighted by atomic mass is 16.2. The first-order chi connectivity index (χ1) is 9.74. The SMILES string of the molecule is CN(C(=O)c1ccccc1C#CCN)c1cccnc1. The number of pyridine rings is 1. The van der Waals surface area contributed by atoms with Crippen LogP contribution in [0.4, 0.5) is 5.69 Å². The van der Waals surface area contributed by atoms with Crippen LogP contribution in [0.2, 0.25) is 0 Å². The highest BCUT2D eigenvalue weighted by Gasteiger charge is 2.15. The molecule has 0 aliphatic heterocycles. The molecule has 4 nitrogen and oxygen atoms in total. The van der Waals surface area contributed by atoms with Crippen molar-refractivity contribution in [3.05, 3.63) is 59.9 Å². The van der Waals surface area contributed by atoms with Gasteiger partial charge in [-0.05, 0) is 24.3 Å². The Morgan fingerprint density at radius 3 is 2.80 bits per heavy atom. The van der Waals surface area contributed by atoms with Crippen molar-refractivity contribution in [3.8, 4) is 11.8 Å². The summed E-state index contributed by atoms with van der Waals surface area (Å²) in [5.74, 6) is 5.57. The fourth-order valence-electron chi connectivity index (χ4n) is 1.77. The maximum absolute atomic E-state index is 12.5. The average molecular weight is 265 g/mol. The molecule has 1 heterocycles. The number of carbonyl (C=O) groups is 1. The lowest BCUT2D eigenvalue weighted by atomic mass is 10.1. The van der Waals surface area contributed by atoms with Gasteiger partial charge in [-0.3, -0.25) is 9.78 Å². The van der Waals surface area contributed by atoms with E-state index < -0.39 is 0 Å². The van der Waals surface area contributed by atoms with Gasteiger partial charge < -0.3 is 10.6 Å². The Labute approximate surface area is 118 Å². The van der Waals surface area contributed by atoms with Gasteiger partial charge >= 0.3 is 0 Å². The number of nitrogens with two attached hydrogens (primary N) is 1. The van der Waals surface area contributed by atoms with Crippen molar-refractivity contribution in [2.75, 3.05) is 18.5 Å². The van der Waals surface area contributed by atoms with E-state index >= 15 is 0 Å². The molecular weight excluding hydrogens is 250 g/mol. The van der Waals surface area contributed by atoms with Crippen LogP contribution in [0.25, 0.3) is 0 Å². The summed E-state index contributed by atoms with van der Waals surface area (Å²) in [6, 6.07) is 10.9. The van der Waals surface area contributed by atoms with Crippen LogP contribution in [0, 0.1) is 11.8 Å². The molecular formula is C16H15N3O. The number of rotatable bonds is 2. The Balaban J connectivity index is 2.34. The number of carbonyl (C=O) groups excluding carboxylic acids is 1. The number of hydrogen-bond acceptors (Lipinski definition) is 3. The molecule has 4 heteroatoms. The molecule has 0 saturated heterocycles. The number of amides is 1. The van der Waals surface area contributed by atoms with E-state index in [1.54, 1.807) is 36.5 Å². The average Bonchev–Trinajstić information content (AvgIpc) is 2.52. The molecule has 2 rings (SSSR count). The number of hydrogen-bond donors (Lipinski definition) is 1. The predicted molar refractivity (Wildman–Crippen MR) is 79.3 cm³/mol. The van der Waals surface area contributed by atoms with Crippen LogP contribution < -0.4 is 10.6 Å². The van der Waals surface area contributed by atoms with E-state index in [0.717, 1.165) is 5.69 Å². The summed E-state index contributed by atoms with van der Waals surface area (Å²) in [6.45, 7) is 0.265. The molecule has 0 aliphatic rings. The van der Waals surface area contributed by atoms with Crippen LogP contribution in [0.1, 0.15) is 15.9 Å². The summed E-state index contributed by atoms with van der Waals surface area (Å²) in [7, 11) is 1.71. The van der Waals surface area contributed by atoms with Gasteiger partial charge in [-0.15, -0.1) is 0 Å². The van der Waals surface area contributed by atoms with Crippen LogP contribution in [0.15, 0.2) is 48.8 Å². The number of aromatic nitrogens is 1. The summed E-state index contributed by atoms with van der Waals surface area (Å²) >= 11 is 0. The molecule has 0 unspecified atom stereocenters. The number of anilines is 1. The second-order valence-electron chi connectivity index (χ2n) is 4.13. The summed E-state index contributed by atoms with van der Waals surface area (Å²) in [6.07, 6.45) is 3.31. The summed E-state index contributed by atoms with van der Waals surface area (Å²) in [5, 5.41) is 0. The highest BCUT2D eigenvalue weighted by Crippen LogP contribution is 2.16. The van der Waals surface area contributed by atoms with Gasteiger partial charge in [0, 0.05) is 18.8 Å². The van der Waals surface area contributed by atoms with E-state index in [0.29, 0.717) is 11.1 Å². The van der Waals surface area contributed by atoms with Crippen molar-refractivity contribution >= 4 is 11.6 Å². The van der Waals surface area contributed by atoms with Crippen molar-refractivity contribution < 1.29 is 4.79 Å². The minimum absolute atomic E-state index is 0.125. The van der Waals surface area contributed by atoms with Crippen LogP contribution in [-0.4, -0.2) is 24.5 Å². The molecule has 1 amide bonds. The Hall–Kier alpha value is -2.64. The fourth-order valence-corrected chi connectivity index (χ4v) is 1.77. The van der Waals surface area contributed by atoms with Gasteiger partial charge in [-0.2, -0.15) is 0 Å². The number of nitrogens with zero attached hydrogens (tertiary/aromatic N) is 2. The Kier molecular flexibility index (Phi) is 4.48. The van der Waals surface area contributed by atoms with Gasteiger partial charge in [0.2, 0.25) is 0 Å². The predicted octanol–water partition coefficient (Wildman–Crippen LogP) is 1.67. The molecule has 0 spiro atoms. The monoisotopic (exact) mass is 265 g/mol. The van der Waals surface area contributed by atoms with Gasteiger partial charge in [0.05, 0.1) is 24.0 Å². The molecule has 0 fully saturated rings. The van der Waals surface area contributed by atoms with Gasteiger partial charge in [0.25, 0.3) is 5.91 Å². The highest BCUT2D eigenvalue weighted by molar-refractivity contribution is 6.07. The van der Waals surface area contributed by atoms with Crippen LogP contribution in [-0.2, 0) is 0 Å². The quantitative estimate of drug-likeness (QED) is 0.840. The van der Waals surface area contributed by atoms with Crippen LogP contribution in [0.5, 0.6) is 0 Å². The van der Waals surface area contributed by atoms with Crippen molar-refractivity contribution in [2.24, 2.45) is 5.73 Å². The molecule has 2 N–H and O–H groups in total. The van der Waals surface area contributed by atoms with Gasteiger partial charge in [0.15, 0.2) is 0 Å². The third-order valence-electron chi connectivity index (χ3n) is 2.82. The first-order valence-electron chi connectivity index (χ1n) is 6.20. The first kappa shape index (κ1) is 13.8. The fraction of sp³-hybridized carbons (Fsp3) is 0.125. The number of benzene rings is 1. The smallest absolute Gasteiger partial charge is 0.259 e. The van der Waals surface area contributed by atoms with E-state index in [-0.39, 0.29) is 12.5 Å². The first-order valence-corrected chi connectivity index (χ1v) is 6.20. The van der Waals surface area contributed by atoms with E-state index in [2.05, 4.69) is 16.8 Å². The summed E-state index contributed by atoms with van der Waals surface area (Å²) in [4.78, 5) is 18.1. The maximum Gasteiger partial charge on any atom is 0.259 e. The van der Waals surface area contributed by atoms with Crippen LogP contribution >= 0.6 is 0 Å². The molecule has 1 aromatic carbocycles. The zero-order chi connectivity index (χ0) is 14.4. The lowest BCUT2D eigenvalue weighted by Crippen LogP contribution is -2.27.